The molecule has 2 fully saturated rings. The van der Waals surface area contributed by atoms with E-state index in [0.29, 0.717) is 11.8 Å². The lowest BCUT2D eigenvalue weighted by Gasteiger charge is -2.34. The predicted molar refractivity (Wildman–Crippen MR) is 273 cm³/mol. The van der Waals surface area contributed by atoms with Gasteiger partial charge in [0.2, 0.25) is 0 Å². The van der Waals surface area contributed by atoms with Gasteiger partial charge in [-0.15, -0.1) is 0 Å². The number of unbranched alkanes of at least 4 members (excludes halogenated alkanes) is 2. The first kappa shape index (κ1) is 43.5. The number of nitrogens with zero attached hydrogens (tertiary/aromatic N) is 2. The van der Waals surface area contributed by atoms with Gasteiger partial charge in [-0.25, -0.2) is 0 Å². The van der Waals surface area contributed by atoms with Crippen molar-refractivity contribution in [3.8, 4) is 11.5 Å². The first-order valence-corrected chi connectivity index (χ1v) is 24.7. The van der Waals surface area contributed by atoms with Crippen LogP contribution in [-0.4, -0.2) is 13.2 Å². The maximum atomic E-state index is 6.24. The van der Waals surface area contributed by atoms with E-state index in [1.807, 2.05) is 0 Å². The summed E-state index contributed by atoms with van der Waals surface area (Å²) in [7, 11) is 0. The summed E-state index contributed by atoms with van der Waals surface area (Å²) in [6.07, 6.45) is 17.1. The molecule has 0 N–H and O–H groups in total. The van der Waals surface area contributed by atoms with E-state index in [4.69, 9.17) is 9.47 Å². The minimum Gasteiger partial charge on any atom is -0.494 e. The van der Waals surface area contributed by atoms with Gasteiger partial charge in [0.15, 0.2) is 0 Å². The van der Waals surface area contributed by atoms with Gasteiger partial charge in [0, 0.05) is 44.3 Å². The van der Waals surface area contributed by atoms with Crippen LogP contribution in [0.5, 0.6) is 11.5 Å². The van der Waals surface area contributed by atoms with E-state index in [0.717, 1.165) is 73.1 Å². The van der Waals surface area contributed by atoms with Crippen molar-refractivity contribution in [2.45, 2.75) is 129 Å². The number of fused-ring (bicyclic) bond motifs is 2. The van der Waals surface area contributed by atoms with Crippen LogP contribution in [0.3, 0.4) is 0 Å². The number of hydrogen-bond donors (Lipinski definition) is 0. The molecule has 0 unspecified atom stereocenters. The molecule has 64 heavy (non-hydrogen) atoms. The second-order valence-electron chi connectivity index (χ2n) is 18.7. The molecule has 330 valence electrons. The Labute approximate surface area is 383 Å². The van der Waals surface area contributed by atoms with Gasteiger partial charge >= 0.3 is 0 Å². The molecule has 7 aromatic carbocycles. The molecule has 0 bridgehead atoms. The lowest BCUT2D eigenvalue weighted by atomic mass is 9.81. The fraction of sp³-hybridized carbons (Fsp3) is 0.367. The zero-order chi connectivity index (χ0) is 43.8. The summed E-state index contributed by atoms with van der Waals surface area (Å²) in [5.74, 6) is 2.94. The Morgan fingerprint density at radius 2 is 0.750 bits per heavy atom. The zero-order valence-corrected chi connectivity index (χ0v) is 38.9. The lowest BCUT2D eigenvalue weighted by molar-refractivity contribution is 0.309. The van der Waals surface area contributed by atoms with Gasteiger partial charge < -0.3 is 19.3 Å². The third-order valence-electron chi connectivity index (χ3n) is 14.0. The summed E-state index contributed by atoms with van der Waals surface area (Å²) in [6, 6.07) is 51.0. The summed E-state index contributed by atoms with van der Waals surface area (Å²) in [6.45, 7) is 10.3. The molecule has 0 spiro atoms. The van der Waals surface area contributed by atoms with E-state index in [2.05, 4.69) is 171 Å². The summed E-state index contributed by atoms with van der Waals surface area (Å²) >= 11 is 0. The summed E-state index contributed by atoms with van der Waals surface area (Å²) < 4.78 is 12.5. The van der Waals surface area contributed by atoms with Crippen LogP contribution in [0.1, 0.15) is 138 Å². The highest BCUT2D eigenvalue weighted by atomic mass is 16.5. The molecule has 2 aliphatic rings. The fourth-order valence-electron chi connectivity index (χ4n) is 10.3. The lowest BCUT2D eigenvalue weighted by Crippen LogP contribution is -2.15. The predicted octanol–water partition coefficient (Wildman–Crippen LogP) is 18.0. The van der Waals surface area contributed by atoms with Crippen LogP contribution in [0.4, 0.5) is 34.1 Å². The molecular formula is C60H68N2O2. The molecule has 2 aliphatic carbocycles. The van der Waals surface area contributed by atoms with Crippen LogP contribution >= 0.6 is 0 Å². The maximum absolute atomic E-state index is 6.24. The van der Waals surface area contributed by atoms with E-state index in [1.54, 1.807) is 0 Å². The molecule has 9 rings (SSSR count). The molecule has 0 heterocycles. The average Bonchev–Trinajstić information content (AvgIpc) is 3.34. The Bertz CT molecular complexity index is 2420. The summed E-state index contributed by atoms with van der Waals surface area (Å²) in [5.41, 5.74) is 12.4. The van der Waals surface area contributed by atoms with Crippen LogP contribution in [0.25, 0.3) is 21.5 Å². The zero-order valence-electron chi connectivity index (χ0n) is 38.9. The van der Waals surface area contributed by atoms with E-state index in [1.165, 1.54) is 119 Å². The Morgan fingerprint density at radius 1 is 0.406 bits per heavy atom. The molecule has 7 aromatic rings. The van der Waals surface area contributed by atoms with Crippen LogP contribution in [0, 0.1) is 13.8 Å². The monoisotopic (exact) mass is 849 g/mol. The van der Waals surface area contributed by atoms with Gasteiger partial charge in [0.05, 0.1) is 24.6 Å². The highest BCUT2D eigenvalue weighted by molar-refractivity contribution is 6.23. The molecule has 0 radical (unpaired) electrons. The van der Waals surface area contributed by atoms with Crippen molar-refractivity contribution < 1.29 is 9.47 Å². The van der Waals surface area contributed by atoms with Crippen LogP contribution in [0.2, 0.25) is 0 Å². The van der Waals surface area contributed by atoms with E-state index < -0.39 is 0 Å². The molecule has 0 saturated heterocycles. The molecule has 0 amide bonds. The van der Waals surface area contributed by atoms with E-state index in [9.17, 15) is 0 Å². The van der Waals surface area contributed by atoms with Crippen molar-refractivity contribution in [2.75, 3.05) is 23.0 Å². The summed E-state index contributed by atoms with van der Waals surface area (Å²) in [4.78, 5) is 5.07. The standard InChI is InChI=1S/C60H68N2O2/c1-5-7-39-63-53-33-29-51(30-34-53)61(49-25-19-43(3)20-26-49)59-55-37-23-48(46-17-13-10-14-18-46)42-58(55)60(56-38-24-47(41-57(56)59)45-15-11-9-12-16-45)62(50-27-21-44(4)22-28-50)52-31-35-54(36-32-52)64-40-8-6-2/h19-38,41-42,45-46H,5-18,39-40H2,1-4H3. The number of ether oxygens (including phenoxy) is 2. The van der Waals surface area contributed by atoms with Crippen LogP contribution in [0.15, 0.2) is 133 Å². The number of aryl methyl sites for hydroxylation is 2. The van der Waals surface area contributed by atoms with Gasteiger partial charge in [0.25, 0.3) is 0 Å². The second kappa shape index (κ2) is 20.4. The topological polar surface area (TPSA) is 24.9 Å². The van der Waals surface area contributed by atoms with Gasteiger partial charge in [-0.1, -0.05) is 125 Å². The van der Waals surface area contributed by atoms with E-state index in [-0.39, 0.29) is 0 Å². The van der Waals surface area contributed by atoms with Gasteiger partial charge in [-0.3, -0.25) is 0 Å². The SMILES string of the molecule is CCCCOc1ccc(N(c2ccc(C)cc2)c2c3ccc(C4CCCCC4)cc3c(N(c3ccc(C)cc3)c3ccc(OCCCC)cc3)c3ccc(C4CCCCC4)cc23)cc1. The number of benzene rings is 7. The normalized spacial score (nSPS) is 14.8. The highest BCUT2D eigenvalue weighted by Gasteiger charge is 2.28. The average molecular weight is 849 g/mol. The van der Waals surface area contributed by atoms with Crippen molar-refractivity contribution in [3.05, 3.63) is 156 Å². The maximum Gasteiger partial charge on any atom is 0.119 e. The van der Waals surface area contributed by atoms with Crippen LogP contribution < -0.4 is 19.3 Å². The van der Waals surface area contributed by atoms with Crippen molar-refractivity contribution in [3.63, 3.8) is 0 Å². The highest BCUT2D eigenvalue weighted by Crippen LogP contribution is 2.53. The first-order valence-electron chi connectivity index (χ1n) is 24.7. The van der Waals surface area contributed by atoms with Crippen molar-refractivity contribution >= 4 is 55.7 Å². The largest absolute Gasteiger partial charge is 0.494 e. The minimum absolute atomic E-state index is 0.555. The first-order chi connectivity index (χ1) is 31.5. The smallest absolute Gasteiger partial charge is 0.119 e. The molecule has 0 atom stereocenters. The third kappa shape index (κ3) is 9.53. The Kier molecular flexibility index (Phi) is 13.9. The molecule has 0 aromatic heterocycles. The Morgan fingerprint density at radius 3 is 1.09 bits per heavy atom. The second-order valence-corrected chi connectivity index (χ2v) is 18.7. The number of rotatable bonds is 16. The van der Waals surface area contributed by atoms with Crippen molar-refractivity contribution in [2.24, 2.45) is 0 Å². The summed E-state index contributed by atoms with van der Waals surface area (Å²) in [5, 5.41) is 5.06. The molecule has 0 aliphatic heterocycles. The molecule has 2 saturated carbocycles. The third-order valence-corrected chi connectivity index (χ3v) is 14.0. The number of anilines is 6. The van der Waals surface area contributed by atoms with Crippen molar-refractivity contribution in [1.29, 1.82) is 0 Å². The van der Waals surface area contributed by atoms with Crippen molar-refractivity contribution in [1.82, 2.24) is 0 Å². The number of hydrogen-bond acceptors (Lipinski definition) is 4. The quantitative estimate of drug-likeness (QED) is 0.0549. The van der Waals surface area contributed by atoms with Crippen LogP contribution in [-0.2, 0) is 0 Å². The Hall–Kier alpha value is -5.74. The Balaban J connectivity index is 1.36. The molecule has 4 heteroatoms. The minimum atomic E-state index is 0.555. The van der Waals surface area contributed by atoms with Gasteiger partial charge in [0.1, 0.15) is 11.5 Å². The fourth-order valence-corrected chi connectivity index (χ4v) is 10.3. The molecule has 4 nitrogen and oxygen atoms in total. The van der Waals surface area contributed by atoms with Gasteiger partial charge in [-0.2, -0.15) is 0 Å². The van der Waals surface area contributed by atoms with E-state index >= 15 is 0 Å². The molecular weight excluding hydrogens is 781 g/mol. The van der Waals surface area contributed by atoms with Gasteiger partial charge in [-0.05, 0) is 160 Å².